The van der Waals surface area contributed by atoms with Crippen molar-refractivity contribution in [3.05, 3.63) is 30.3 Å². The topological polar surface area (TPSA) is 88.6 Å². The third-order valence-electron chi connectivity index (χ3n) is 3.79. The quantitative estimate of drug-likeness (QED) is 0.775. The Morgan fingerprint density at radius 1 is 1.18 bits per heavy atom. The van der Waals surface area contributed by atoms with Gasteiger partial charge in [0.05, 0.1) is 15.9 Å². The maximum atomic E-state index is 12.1. The molecule has 0 N–H and O–H groups in total. The highest BCUT2D eigenvalue weighted by Gasteiger charge is 2.32. The number of carbonyl (C=O) groups is 1. The summed E-state index contributed by atoms with van der Waals surface area (Å²) in [6.07, 6.45) is 1.44. The van der Waals surface area contributed by atoms with Gasteiger partial charge in [-0.25, -0.2) is 16.8 Å². The molecule has 2 rings (SSSR count). The van der Waals surface area contributed by atoms with Gasteiger partial charge >= 0.3 is 0 Å². The van der Waals surface area contributed by atoms with E-state index < -0.39 is 24.9 Å². The first-order valence-corrected chi connectivity index (χ1v) is 10.6. The number of likely N-dealkylation sites (tertiary alicyclic amines) is 1. The van der Waals surface area contributed by atoms with Crippen LogP contribution in [0, 0.1) is 0 Å². The van der Waals surface area contributed by atoms with Crippen molar-refractivity contribution in [2.45, 2.75) is 23.0 Å². The van der Waals surface area contributed by atoms with Gasteiger partial charge in [-0.15, -0.1) is 0 Å². The molecule has 122 valence electrons. The predicted molar refractivity (Wildman–Crippen MR) is 82.9 cm³/mol. The first kappa shape index (κ1) is 17.0. The molecular formula is C14H19NO5S2. The number of hydrogen-bond donors (Lipinski definition) is 0. The van der Waals surface area contributed by atoms with Crippen LogP contribution in [0.1, 0.15) is 12.8 Å². The highest BCUT2D eigenvalue weighted by Crippen LogP contribution is 2.18. The summed E-state index contributed by atoms with van der Waals surface area (Å²) in [5.41, 5.74) is 0. The number of sulfone groups is 2. The molecule has 1 aromatic carbocycles. The van der Waals surface area contributed by atoms with Crippen LogP contribution in [0.25, 0.3) is 0 Å². The van der Waals surface area contributed by atoms with Gasteiger partial charge < -0.3 is 4.90 Å². The fourth-order valence-corrected chi connectivity index (χ4v) is 4.66. The summed E-state index contributed by atoms with van der Waals surface area (Å²) in [6.45, 7) is 0.519. The van der Waals surface area contributed by atoms with Crippen LogP contribution in [-0.4, -0.2) is 58.0 Å². The van der Waals surface area contributed by atoms with Gasteiger partial charge in [0.1, 0.15) is 0 Å². The fourth-order valence-electron chi connectivity index (χ4n) is 2.43. The van der Waals surface area contributed by atoms with Crippen molar-refractivity contribution in [2.24, 2.45) is 0 Å². The lowest BCUT2D eigenvalue weighted by Gasteiger charge is -2.16. The molecule has 0 unspecified atom stereocenters. The molecule has 1 aromatic rings. The number of nitrogens with zero attached hydrogens (tertiary/aromatic N) is 1. The summed E-state index contributed by atoms with van der Waals surface area (Å²) in [4.78, 5) is 13.7. The van der Waals surface area contributed by atoms with Crippen molar-refractivity contribution in [2.75, 3.05) is 25.1 Å². The van der Waals surface area contributed by atoms with Crippen molar-refractivity contribution in [1.82, 2.24) is 4.90 Å². The highest BCUT2D eigenvalue weighted by molar-refractivity contribution is 7.91. The van der Waals surface area contributed by atoms with Crippen molar-refractivity contribution >= 4 is 25.6 Å². The number of hydrogen-bond acceptors (Lipinski definition) is 5. The lowest BCUT2D eigenvalue weighted by molar-refractivity contribution is -0.129. The molecule has 1 heterocycles. The minimum atomic E-state index is -3.49. The molecule has 0 aromatic heterocycles. The normalized spacial score (nSPS) is 19.3. The molecular weight excluding hydrogens is 326 g/mol. The summed E-state index contributed by atoms with van der Waals surface area (Å²) in [7, 11) is -6.66. The van der Waals surface area contributed by atoms with Crippen LogP contribution in [0.2, 0.25) is 0 Å². The predicted octanol–water partition coefficient (Wildman–Crippen LogP) is 0.496. The van der Waals surface area contributed by atoms with E-state index in [2.05, 4.69) is 0 Å². The zero-order valence-electron chi connectivity index (χ0n) is 12.3. The van der Waals surface area contributed by atoms with E-state index in [1.54, 1.807) is 18.2 Å². The van der Waals surface area contributed by atoms with Crippen molar-refractivity contribution in [1.29, 1.82) is 0 Å². The summed E-state index contributed by atoms with van der Waals surface area (Å²) in [6, 6.07) is 7.97. The zero-order valence-corrected chi connectivity index (χ0v) is 13.9. The number of carbonyl (C=O) groups excluding carboxylic acids is 1. The number of benzene rings is 1. The van der Waals surface area contributed by atoms with E-state index in [1.165, 1.54) is 17.0 Å². The van der Waals surface area contributed by atoms with Gasteiger partial charge in [-0.3, -0.25) is 4.79 Å². The largest absolute Gasteiger partial charge is 0.341 e. The van der Waals surface area contributed by atoms with Crippen LogP contribution < -0.4 is 0 Å². The standard InChI is InChI=1S/C14H19NO5S2/c1-21(17,18)13-7-9-15(11-13)14(16)8-10-22(19,20)12-5-3-2-4-6-12/h2-6,13H,7-11H2,1H3/t13-/m1/s1. The third kappa shape index (κ3) is 4.07. The van der Waals surface area contributed by atoms with Crippen LogP contribution >= 0.6 is 0 Å². The number of rotatable bonds is 5. The van der Waals surface area contributed by atoms with Gasteiger partial charge in [0.25, 0.3) is 0 Å². The molecule has 1 aliphatic heterocycles. The Hall–Kier alpha value is -1.41. The van der Waals surface area contributed by atoms with Crippen LogP contribution in [-0.2, 0) is 24.5 Å². The van der Waals surface area contributed by atoms with Crippen molar-refractivity contribution in [3.8, 4) is 0 Å². The first-order valence-electron chi connectivity index (χ1n) is 6.94. The Morgan fingerprint density at radius 2 is 1.82 bits per heavy atom. The van der Waals surface area contributed by atoms with Crippen LogP contribution in [0.15, 0.2) is 35.2 Å². The fraction of sp³-hybridized carbons (Fsp3) is 0.500. The maximum Gasteiger partial charge on any atom is 0.223 e. The highest BCUT2D eigenvalue weighted by atomic mass is 32.2. The molecule has 6 nitrogen and oxygen atoms in total. The van der Waals surface area contributed by atoms with Crippen LogP contribution in [0.4, 0.5) is 0 Å². The van der Waals surface area contributed by atoms with Crippen molar-refractivity contribution < 1.29 is 21.6 Å². The molecule has 0 radical (unpaired) electrons. The Morgan fingerprint density at radius 3 is 2.36 bits per heavy atom. The van der Waals surface area contributed by atoms with Crippen LogP contribution in [0.5, 0.6) is 0 Å². The Kier molecular flexibility index (Phi) is 4.91. The van der Waals surface area contributed by atoms with Crippen LogP contribution in [0.3, 0.4) is 0 Å². The van der Waals surface area contributed by atoms with E-state index in [9.17, 15) is 21.6 Å². The van der Waals surface area contributed by atoms with Gasteiger partial charge in [0.15, 0.2) is 19.7 Å². The summed E-state index contributed by atoms with van der Waals surface area (Å²) >= 11 is 0. The lowest BCUT2D eigenvalue weighted by atomic mass is 10.4. The van der Waals surface area contributed by atoms with Gasteiger partial charge in [-0.2, -0.15) is 0 Å². The molecule has 1 fully saturated rings. The van der Waals surface area contributed by atoms with Gasteiger partial charge in [-0.05, 0) is 18.6 Å². The molecule has 0 aliphatic carbocycles. The third-order valence-corrected chi connectivity index (χ3v) is 7.12. The molecule has 0 saturated carbocycles. The molecule has 22 heavy (non-hydrogen) atoms. The minimum absolute atomic E-state index is 0.131. The van der Waals surface area contributed by atoms with Gasteiger partial charge in [-0.1, -0.05) is 18.2 Å². The summed E-state index contributed by atoms with van der Waals surface area (Å²) in [5, 5.41) is -0.540. The Balaban J connectivity index is 1.94. The van der Waals surface area contributed by atoms with Gasteiger partial charge in [0, 0.05) is 25.8 Å². The SMILES string of the molecule is CS(=O)(=O)[C@@H]1CCN(C(=O)CCS(=O)(=O)c2ccccc2)C1. The molecule has 1 saturated heterocycles. The second-order valence-electron chi connectivity index (χ2n) is 5.46. The Labute approximate surface area is 131 Å². The van der Waals surface area contributed by atoms with E-state index in [1.807, 2.05) is 0 Å². The monoisotopic (exact) mass is 345 g/mol. The second-order valence-corrected chi connectivity index (χ2v) is 9.90. The first-order chi connectivity index (χ1) is 10.2. The average Bonchev–Trinajstić information content (AvgIpc) is 2.96. The average molecular weight is 345 g/mol. The minimum Gasteiger partial charge on any atom is -0.341 e. The second kappa shape index (κ2) is 6.37. The molecule has 8 heteroatoms. The van der Waals surface area contributed by atoms with Gasteiger partial charge in [0.2, 0.25) is 5.91 Å². The molecule has 1 aliphatic rings. The van der Waals surface area contributed by atoms with E-state index in [0.717, 1.165) is 6.26 Å². The van der Waals surface area contributed by atoms with E-state index in [4.69, 9.17) is 0 Å². The van der Waals surface area contributed by atoms with E-state index in [-0.39, 0.29) is 29.5 Å². The zero-order chi connectivity index (χ0) is 16.4. The molecule has 0 bridgehead atoms. The molecule has 1 atom stereocenters. The number of amides is 1. The summed E-state index contributed by atoms with van der Waals surface area (Å²) in [5.74, 6) is -0.582. The molecule has 1 amide bonds. The molecule has 0 spiro atoms. The van der Waals surface area contributed by atoms with E-state index >= 15 is 0 Å². The maximum absolute atomic E-state index is 12.1. The summed E-state index contributed by atoms with van der Waals surface area (Å²) < 4.78 is 47.2. The lowest BCUT2D eigenvalue weighted by Crippen LogP contribution is -2.32. The van der Waals surface area contributed by atoms with E-state index in [0.29, 0.717) is 13.0 Å². The smallest absolute Gasteiger partial charge is 0.223 e. The van der Waals surface area contributed by atoms with Crippen molar-refractivity contribution in [3.63, 3.8) is 0 Å². The Bertz CT molecular complexity index is 741.